The Morgan fingerprint density at radius 2 is 1.08 bits per heavy atom. The number of thiol groups is 4. The lowest BCUT2D eigenvalue weighted by atomic mass is 10.1. The standard InChI is InChI=1S/C6H14O2S4/c7-3(1-9)5(11)6(12)4(8)2-10/h3-12H,1-2H2/t3-,4-,5-,6-/m1/s1. The van der Waals surface area contributed by atoms with Crippen LogP contribution in [0.25, 0.3) is 0 Å². The van der Waals surface area contributed by atoms with Crippen LogP contribution < -0.4 is 0 Å². The third-order valence-corrected chi connectivity index (χ3v) is 3.83. The fourth-order valence-electron chi connectivity index (χ4n) is 0.671. The summed E-state index contributed by atoms with van der Waals surface area (Å²) >= 11 is 16.1. The maximum absolute atomic E-state index is 9.30. The molecule has 0 saturated carbocycles. The molecule has 0 aliphatic rings. The first-order valence-electron chi connectivity index (χ1n) is 3.48. The van der Waals surface area contributed by atoms with Crippen molar-refractivity contribution in [3.63, 3.8) is 0 Å². The number of aliphatic hydroxyl groups excluding tert-OH is 2. The molecular weight excluding hydrogens is 232 g/mol. The van der Waals surface area contributed by atoms with Crippen LogP contribution in [0.5, 0.6) is 0 Å². The molecule has 0 fully saturated rings. The van der Waals surface area contributed by atoms with E-state index >= 15 is 0 Å². The highest BCUT2D eigenvalue weighted by atomic mass is 32.1. The van der Waals surface area contributed by atoms with Crippen molar-refractivity contribution >= 4 is 50.5 Å². The summed E-state index contributed by atoms with van der Waals surface area (Å²) in [6, 6.07) is 0. The molecule has 0 aliphatic carbocycles. The van der Waals surface area contributed by atoms with E-state index in [9.17, 15) is 10.2 Å². The molecule has 0 aliphatic heterocycles. The third-order valence-electron chi connectivity index (χ3n) is 1.51. The Morgan fingerprint density at radius 1 is 0.833 bits per heavy atom. The topological polar surface area (TPSA) is 40.5 Å². The normalized spacial score (nSPS) is 21.5. The van der Waals surface area contributed by atoms with Crippen molar-refractivity contribution in [1.82, 2.24) is 0 Å². The second-order valence-electron chi connectivity index (χ2n) is 2.48. The van der Waals surface area contributed by atoms with Crippen LogP contribution in [0.2, 0.25) is 0 Å². The molecule has 6 heteroatoms. The molecule has 2 N–H and O–H groups in total. The average molecular weight is 246 g/mol. The highest BCUT2D eigenvalue weighted by Crippen LogP contribution is 2.18. The zero-order valence-electron chi connectivity index (χ0n) is 6.41. The molecule has 0 radical (unpaired) electrons. The smallest absolute Gasteiger partial charge is 0.0755 e. The molecule has 0 rings (SSSR count). The maximum Gasteiger partial charge on any atom is 0.0755 e. The summed E-state index contributed by atoms with van der Waals surface area (Å²) in [7, 11) is 0. The first-order chi connectivity index (χ1) is 5.54. The van der Waals surface area contributed by atoms with E-state index in [0.717, 1.165) is 0 Å². The SMILES string of the molecule is O[C@H](CS)[C@@H](S)[C@H](S)[C@H](O)CS. The van der Waals surface area contributed by atoms with Gasteiger partial charge in [0.2, 0.25) is 0 Å². The Labute approximate surface area is 94.8 Å². The zero-order valence-corrected chi connectivity index (χ0v) is 9.98. The van der Waals surface area contributed by atoms with E-state index in [1.165, 1.54) is 0 Å². The molecular formula is C6H14O2S4. The van der Waals surface area contributed by atoms with Gasteiger partial charge in [-0.2, -0.15) is 50.5 Å². The summed E-state index contributed by atoms with van der Waals surface area (Å²) < 4.78 is 0. The van der Waals surface area contributed by atoms with E-state index in [0.29, 0.717) is 11.5 Å². The minimum absolute atomic E-state index is 0.310. The summed E-state index contributed by atoms with van der Waals surface area (Å²) in [5.41, 5.74) is 0. The van der Waals surface area contributed by atoms with Gasteiger partial charge in [0.15, 0.2) is 0 Å². The van der Waals surface area contributed by atoms with Gasteiger partial charge in [-0.1, -0.05) is 0 Å². The molecule has 12 heavy (non-hydrogen) atoms. The third kappa shape index (κ3) is 4.02. The van der Waals surface area contributed by atoms with E-state index in [-0.39, 0.29) is 10.5 Å². The molecule has 0 spiro atoms. The molecule has 2 nitrogen and oxygen atoms in total. The molecule has 0 unspecified atom stereocenters. The van der Waals surface area contributed by atoms with Gasteiger partial charge >= 0.3 is 0 Å². The fraction of sp³-hybridized carbons (Fsp3) is 1.00. The van der Waals surface area contributed by atoms with Crippen molar-refractivity contribution in [2.75, 3.05) is 11.5 Å². The molecule has 0 aromatic carbocycles. The largest absolute Gasteiger partial charge is 0.391 e. The molecule has 0 heterocycles. The van der Waals surface area contributed by atoms with Gasteiger partial charge in [0, 0.05) is 22.0 Å². The van der Waals surface area contributed by atoms with Crippen LogP contribution >= 0.6 is 50.5 Å². The van der Waals surface area contributed by atoms with Gasteiger partial charge in [0.25, 0.3) is 0 Å². The van der Waals surface area contributed by atoms with Crippen LogP contribution in [0.1, 0.15) is 0 Å². The van der Waals surface area contributed by atoms with Crippen LogP contribution in [0.15, 0.2) is 0 Å². The Kier molecular flexibility index (Phi) is 7.47. The van der Waals surface area contributed by atoms with Crippen molar-refractivity contribution < 1.29 is 10.2 Å². The summed E-state index contributed by atoms with van der Waals surface area (Å²) in [6.45, 7) is 0. The van der Waals surface area contributed by atoms with Crippen LogP contribution in [0.3, 0.4) is 0 Å². The second-order valence-corrected chi connectivity index (χ2v) is 4.40. The number of aliphatic hydroxyl groups is 2. The van der Waals surface area contributed by atoms with Crippen molar-refractivity contribution in [2.45, 2.75) is 22.7 Å². The van der Waals surface area contributed by atoms with Gasteiger partial charge in [-0.05, 0) is 0 Å². The fourth-order valence-corrected chi connectivity index (χ4v) is 2.07. The van der Waals surface area contributed by atoms with E-state index < -0.39 is 12.2 Å². The zero-order chi connectivity index (χ0) is 9.72. The molecule has 0 saturated heterocycles. The average Bonchev–Trinajstić information content (AvgIpc) is 2.12. The lowest BCUT2D eigenvalue weighted by Crippen LogP contribution is -2.39. The maximum atomic E-state index is 9.30. The Hall–Kier alpha value is 1.32. The van der Waals surface area contributed by atoms with E-state index in [2.05, 4.69) is 50.5 Å². The van der Waals surface area contributed by atoms with Crippen molar-refractivity contribution in [2.24, 2.45) is 0 Å². The van der Waals surface area contributed by atoms with Gasteiger partial charge in [0.05, 0.1) is 12.2 Å². The van der Waals surface area contributed by atoms with Crippen LogP contribution in [-0.4, -0.2) is 44.4 Å². The van der Waals surface area contributed by atoms with Gasteiger partial charge in [-0.3, -0.25) is 0 Å². The monoisotopic (exact) mass is 246 g/mol. The highest BCUT2D eigenvalue weighted by Gasteiger charge is 2.26. The van der Waals surface area contributed by atoms with Crippen molar-refractivity contribution in [1.29, 1.82) is 0 Å². The molecule has 4 atom stereocenters. The lowest BCUT2D eigenvalue weighted by molar-refractivity contribution is 0.151. The van der Waals surface area contributed by atoms with Gasteiger partial charge in [-0.15, -0.1) is 0 Å². The quantitative estimate of drug-likeness (QED) is 0.392. The Morgan fingerprint density at radius 3 is 1.25 bits per heavy atom. The van der Waals surface area contributed by atoms with Crippen molar-refractivity contribution in [3.05, 3.63) is 0 Å². The van der Waals surface area contributed by atoms with E-state index in [1.54, 1.807) is 0 Å². The van der Waals surface area contributed by atoms with E-state index in [4.69, 9.17) is 0 Å². The van der Waals surface area contributed by atoms with Crippen LogP contribution in [0, 0.1) is 0 Å². The van der Waals surface area contributed by atoms with Crippen LogP contribution in [0.4, 0.5) is 0 Å². The van der Waals surface area contributed by atoms with Crippen LogP contribution in [-0.2, 0) is 0 Å². The number of rotatable bonds is 5. The summed E-state index contributed by atoms with van der Waals surface area (Å²) in [6.07, 6.45) is -1.32. The predicted octanol–water partition coefficient (Wildman–Crippen LogP) is 0.165. The molecule has 74 valence electrons. The lowest BCUT2D eigenvalue weighted by Gasteiger charge is -2.25. The van der Waals surface area contributed by atoms with Crippen molar-refractivity contribution in [3.8, 4) is 0 Å². The molecule has 0 bridgehead atoms. The van der Waals surface area contributed by atoms with E-state index in [1.807, 2.05) is 0 Å². The Bertz CT molecular complexity index is 110. The van der Waals surface area contributed by atoms with Gasteiger partial charge in [-0.25, -0.2) is 0 Å². The second kappa shape index (κ2) is 6.73. The van der Waals surface area contributed by atoms with Gasteiger partial charge < -0.3 is 10.2 Å². The summed E-state index contributed by atoms with van der Waals surface area (Å²) in [4.78, 5) is 0. The molecule has 0 aromatic heterocycles. The molecule has 0 aromatic rings. The first-order valence-corrected chi connectivity index (χ1v) is 5.78. The van der Waals surface area contributed by atoms with Gasteiger partial charge in [0.1, 0.15) is 0 Å². The first kappa shape index (κ1) is 13.3. The summed E-state index contributed by atoms with van der Waals surface area (Å²) in [5, 5.41) is 17.8. The highest BCUT2D eigenvalue weighted by molar-refractivity contribution is 7.85. The number of hydrogen-bond donors (Lipinski definition) is 6. The predicted molar refractivity (Wildman–Crippen MR) is 65.3 cm³/mol. The minimum atomic E-state index is -0.659. The Balaban J connectivity index is 3.99. The summed E-state index contributed by atoms with van der Waals surface area (Å²) in [5.74, 6) is 0.620. The molecule has 0 amide bonds. The number of hydrogen-bond acceptors (Lipinski definition) is 6. The minimum Gasteiger partial charge on any atom is -0.391 e.